The van der Waals surface area contributed by atoms with Crippen LogP contribution in [0.3, 0.4) is 0 Å². The lowest BCUT2D eigenvalue weighted by atomic mass is 10.2. The quantitative estimate of drug-likeness (QED) is 0.467. The molecule has 0 atom stereocenters. The zero-order valence-corrected chi connectivity index (χ0v) is 16.8. The Hall–Kier alpha value is -3.55. The fourth-order valence-electron chi connectivity index (χ4n) is 2.26. The minimum Gasteiger partial charge on any atom is -0.464 e. The standard InChI is InChI=1S/C21H24N2O6/c1-21(2,3)29-20(26)23-12-8-11-16(23)13-17(18(24)27-4)22-19(25)28-14-15-9-6-5-7-10-15/h5-13H,14H2,1-4H3,(H,22,25)/b17-13+. The highest BCUT2D eigenvalue weighted by Gasteiger charge is 2.20. The fraction of sp³-hybridized carbons (Fsp3) is 0.286. The molecular weight excluding hydrogens is 376 g/mol. The number of nitrogens with zero attached hydrogens (tertiary/aromatic N) is 1. The smallest absolute Gasteiger partial charge is 0.418 e. The molecule has 0 aliphatic rings. The second kappa shape index (κ2) is 9.59. The SMILES string of the molecule is COC(=O)/C(=C\c1cccn1C(=O)OC(C)(C)C)NC(=O)OCc1ccccc1. The maximum atomic E-state index is 12.3. The third-order valence-corrected chi connectivity index (χ3v) is 3.52. The first-order valence-corrected chi connectivity index (χ1v) is 8.88. The van der Waals surface area contributed by atoms with Crippen molar-refractivity contribution in [2.45, 2.75) is 33.0 Å². The second-order valence-electron chi connectivity index (χ2n) is 7.02. The van der Waals surface area contributed by atoms with Crippen LogP contribution < -0.4 is 5.32 Å². The number of methoxy groups -OCH3 is 1. The van der Waals surface area contributed by atoms with E-state index in [1.165, 1.54) is 23.9 Å². The van der Waals surface area contributed by atoms with E-state index in [2.05, 4.69) is 5.32 Å². The average Bonchev–Trinajstić information content (AvgIpc) is 3.13. The Bertz CT molecular complexity index is 893. The number of hydrogen-bond donors (Lipinski definition) is 1. The van der Waals surface area contributed by atoms with Crippen LogP contribution in [0.15, 0.2) is 54.4 Å². The van der Waals surface area contributed by atoms with Crippen LogP contribution >= 0.6 is 0 Å². The summed E-state index contributed by atoms with van der Waals surface area (Å²) in [5.41, 5.74) is 0.245. The molecule has 0 aliphatic heterocycles. The van der Waals surface area contributed by atoms with Gasteiger partial charge in [-0.2, -0.15) is 0 Å². The van der Waals surface area contributed by atoms with Crippen molar-refractivity contribution < 1.29 is 28.6 Å². The van der Waals surface area contributed by atoms with E-state index >= 15 is 0 Å². The van der Waals surface area contributed by atoms with E-state index in [4.69, 9.17) is 14.2 Å². The number of carbonyl (C=O) groups excluding carboxylic acids is 3. The maximum Gasteiger partial charge on any atom is 0.418 e. The van der Waals surface area contributed by atoms with Crippen LogP contribution in [0.5, 0.6) is 0 Å². The Labute approximate surface area is 169 Å². The summed E-state index contributed by atoms with van der Waals surface area (Å²) in [6, 6.07) is 12.3. The van der Waals surface area contributed by atoms with Crippen LogP contribution in [0.2, 0.25) is 0 Å². The van der Waals surface area contributed by atoms with Gasteiger partial charge in [0.2, 0.25) is 0 Å². The van der Waals surface area contributed by atoms with E-state index in [-0.39, 0.29) is 12.3 Å². The molecule has 8 heteroatoms. The molecule has 1 heterocycles. The first-order chi connectivity index (χ1) is 13.7. The number of esters is 1. The zero-order valence-electron chi connectivity index (χ0n) is 16.8. The Balaban J connectivity index is 2.15. The molecule has 0 fully saturated rings. The highest BCUT2D eigenvalue weighted by molar-refractivity contribution is 5.97. The van der Waals surface area contributed by atoms with E-state index in [0.29, 0.717) is 5.69 Å². The predicted octanol–water partition coefficient (Wildman–Crippen LogP) is 3.71. The van der Waals surface area contributed by atoms with Gasteiger partial charge in [0.25, 0.3) is 0 Å². The molecule has 29 heavy (non-hydrogen) atoms. The van der Waals surface area contributed by atoms with Gasteiger partial charge in [-0.05, 0) is 44.5 Å². The first-order valence-electron chi connectivity index (χ1n) is 8.88. The van der Waals surface area contributed by atoms with Crippen molar-refractivity contribution in [1.82, 2.24) is 9.88 Å². The molecule has 1 N–H and O–H groups in total. The fourth-order valence-corrected chi connectivity index (χ4v) is 2.26. The molecule has 0 bridgehead atoms. The molecule has 0 saturated heterocycles. The highest BCUT2D eigenvalue weighted by atomic mass is 16.6. The van der Waals surface area contributed by atoms with Crippen LogP contribution in [0.1, 0.15) is 32.0 Å². The van der Waals surface area contributed by atoms with Crippen molar-refractivity contribution in [3.8, 4) is 0 Å². The first kappa shape index (κ1) is 21.7. The van der Waals surface area contributed by atoms with Gasteiger partial charge in [-0.3, -0.25) is 9.88 Å². The number of alkyl carbamates (subject to hydrolysis) is 1. The summed E-state index contributed by atoms with van der Waals surface area (Å²) in [5, 5.41) is 2.35. The number of aromatic nitrogens is 1. The molecular formula is C21H24N2O6. The molecule has 0 saturated carbocycles. The van der Waals surface area contributed by atoms with E-state index < -0.39 is 23.8 Å². The summed E-state index contributed by atoms with van der Waals surface area (Å²) < 4.78 is 16.4. The summed E-state index contributed by atoms with van der Waals surface area (Å²) in [4.78, 5) is 36.5. The molecule has 0 radical (unpaired) electrons. The van der Waals surface area contributed by atoms with Crippen LogP contribution in [-0.4, -0.2) is 35.4 Å². The molecule has 2 rings (SSSR count). The predicted molar refractivity (Wildman–Crippen MR) is 106 cm³/mol. The third kappa shape index (κ3) is 6.84. The van der Waals surface area contributed by atoms with Gasteiger partial charge in [0.05, 0.1) is 12.8 Å². The molecule has 0 spiro atoms. The Morgan fingerprint density at radius 1 is 1.07 bits per heavy atom. The number of rotatable bonds is 5. The maximum absolute atomic E-state index is 12.3. The molecule has 1 amide bonds. The number of nitrogens with one attached hydrogen (secondary N) is 1. The van der Waals surface area contributed by atoms with Gasteiger partial charge < -0.3 is 14.2 Å². The van der Waals surface area contributed by atoms with E-state index in [0.717, 1.165) is 5.56 Å². The Kier molecular flexibility index (Phi) is 7.19. The monoisotopic (exact) mass is 400 g/mol. The number of hydrogen-bond acceptors (Lipinski definition) is 6. The molecule has 0 unspecified atom stereocenters. The van der Waals surface area contributed by atoms with Gasteiger partial charge in [-0.25, -0.2) is 14.4 Å². The van der Waals surface area contributed by atoms with Crippen molar-refractivity contribution in [3.63, 3.8) is 0 Å². The van der Waals surface area contributed by atoms with Crippen molar-refractivity contribution >= 4 is 24.2 Å². The van der Waals surface area contributed by atoms with Gasteiger partial charge in [0, 0.05) is 6.20 Å². The van der Waals surface area contributed by atoms with Crippen LogP contribution in [-0.2, 0) is 25.6 Å². The van der Waals surface area contributed by atoms with Crippen molar-refractivity contribution in [3.05, 3.63) is 65.6 Å². The summed E-state index contributed by atoms with van der Waals surface area (Å²) in [6.45, 7) is 5.27. The number of amides is 1. The van der Waals surface area contributed by atoms with Crippen molar-refractivity contribution in [1.29, 1.82) is 0 Å². The largest absolute Gasteiger partial charge is 0.464 e. The second-order valence-corrected chi connectivity index (χ2v) is 7.02. The molecule has 8 nitrogen and oxygen atoms in total. The van der Waals surface area contributed by atoms with Crippen LogP contribution in [0, 0.1) is 0 Å². The van der Waals surface area contributed by atoms with E-state index in [1.54, 1.807) is 45.0 Å². The van der Waals surface area contributed by atoms with Gasteiger partial charge >= 0.3 is 18.2 Å². The molecule has 1 aromatic heterocycles. The lowest BCUT2D eigenvalue weighted by Gasteiger charge is -2.20. The summed E-state index contributed by atoms with van der Waals surface area (Å²) in [7, 11) is 1.18. The topological polar surface area (TPSA) is 95.9 Å². The summed E-state index contributed by atoms with van der Waals surface area (Å²) in [5.74, 6) is -0.793. The highest BCUT2D eigenvalue weighted by Crippen LogP contribution is 2.14. The minimum atomic E-state index is -0.833. The average molecular weight is 400 g/mol. The van der Waals surface area contributed by atoms with E-state index in [1.807, 2.05) is 18.2 Å². The van der Waals surface area contributed by atoms with Crippen molar-refractivity contribution in [2.24, 2.45) is 0 Å². The normalized spacial score (nSPS) is 11.5. The number of benzene rings is 1. The molecule has 1 aromatic carbocycles. The van der Waals surface area contributed by atoms with Crippen LogP contribution in [0.25, 0.3) is 6.08 Å². The minimum absolute atomic E-state index is 0.0371. The van der Waals surface area contributed by atoms with Crippen LogP contribution in [0.4, 0.5) is 9.59 Å². The molecule has 154 valence electrons. The Morgan fingerprint density at radius 3 is 2.38 bits per heavy atom. The van der Waals surface area contributed by atoms with Gasteiger partial charge in [-0.15, -0.1) is 0 Å². The summed E-state index contributed by atoms with van der Waals surface area (Å²) in [6.07, 6.45) is 1.34. The lowest BCUT2D eigenvalue weighted by Crippen LogP contribution is -2.29. The van der Waals surface area contributed by atoms with Gasteiger partial charge in [0.1, 0.15) is 17.9 Å². The number of carbonyl (C=O) groups is 3. The van der Waals surface area contributed by atoms with E-state index in [9.17, 15) is 14.4 Å². The number of ether oxygens (including phenoxy) is 3. The zero-order chi connectivity index (χ0) is 21.4. The van der Waals surface area contributed by atoms with Gasteiger partial charge in [0.15, 0.2) is 0 Å². The Morgan fingerprint density at radius 2 is 1.76 bits per heavy atom. The van der Waals surface area contributed by atoms with Gasteiger partial charge in [-0.1, -0.05) is 30.3 Å². The third-order valence-electron chi connectivity index (χ3n) is 3.52. The van der Waals surface area contributed by atoms with Crippen molar-refractivity contribution in [2.75, 3.05) is 7.11 Å². The molecule has 2 aromatic rings. The lowest BCUT2D eigenvalue weighted by molar-refractivity contribution is -0.136. The summed E-state index contributed by atoms with van der Waals surface area (Å²) >= 11 is 0. The molecule has 0 aliphatic carbocycles.